The van der Waals surface area contributed by atoms with Crippen LogP contribution in [0.4, 0.5) is 0 Å². The molecule has 2 bridgehead atoms. The number of nitrogens with zero attached hydrogens (tertiary/aromatic N) is 2. The molecule has 1 spiro atoms. The fourth-order valence-electron chi connectivity index (χ4n) is 7.45. The Morgan fingerprint density at radius 3 is 2.59 bits per heavy atom. The SMILES string of the molecule is C=CCCCOC(=O)[C@@H]1[C@H]2C(=O)N([C@H](C)CO)C(C(=O)N(CC=C)C3CCCCC3)C23CC[C@@]1(CC)O3. The zero-order valence-corrected chi connectivity index (χ0v) is 22.5. The van der Waals surface area contributed by atoms with Gasteiger partial charge in [0.15, 0.2) is 0 Å². The first kappa shape index (κ1) is 27.8. The fraction of sp³-hybridized carbons (Fsp3) is 0.759. The van der Waals surface area contributed by atoms with E-state index in [4.69, 9.17) is 9.47 Å². The molecule has 8 heteroatoms. The third-order valence-electron chi connectivity index (χ3n) is 9.27. The van der Waals surface area contributed by atoms with Crippen LogP contribution >= 0.6 is 0 Å². The molecule has 2 unspecified atom stereocenters. The van der Waals surface area contributed by atoms with Gasteiger partial charge in [-0.15, -0.1) is 13.2 Å². The van der Waals surface area contributed by atoms with Crippen LogP contribution in [-0.4, -0.2) is 81.8 Å². The summed E-state index contributed by atoms with van der Waals surface area (Å²) in [6.45, 7) is 11.7. The zero-order valence-electron chi connectivity index (χ0n) is 22.5. The van der Waals surface area contributed by atoms with Crippen LogP contribution in [0.15, 0.2) is 25.3 Å². The number of rotatable bonds is 12. The molecule has 0 aromatic heterocycles. The van der Waals surface area contributed by atoms with Gasteiger partial charge in [0.1, 0.15) is 17.6 Å². The third-order valence-corrected chi connectivity index (χ3v) is 9.27. The van der Waals surface area contributed by atoms with E-state index in [2.05, 4.69) is 13.2 Å². The third kappa shape index (κ3) is 4.54. The summed E-state index contributed by atoms with van der Waals surface area (Å²) in [5.41, 5.74) is -1.93. The largest absolute Gasteiger partial charge is 0.465 e. The van der Waals surface area contributed by atoms with Crippen molar-refractivity contribution in [2.45, 2.75) is 107 Å². The van der Waals surface area contributed by atoms with Crippen LogP contribution in [0.5, 0.6) is 0 Å². The molecule has 3 heterocycles. The predicted molar refractivity (Wildman–Crippen MR) is 139 cm³/mol. The maximum Gasteiger partial charge on any atom is 0.312 e. The Labute approximate surface area is 221 Å². The lowest BCUT2D eigenvalue weighted by Crippen LogP contribution is -2.60. The van der Waals surface area contributed by atoms with Crippen molar-refractivity contribution < 1.29 is 29.0 Å². The van der Waals surface area contributed by atoms with E-state index < -0.39 is 41.1 Å². The topological polar surface area (TPSA) is 96.4 Å². The van der Waals surface area contributed by atoms with Gasteiger partial charge < -0.3 is 24.4 Å². The summed E-state index contributed by atoms with van der Waals surface area (Å²) in [4.78, 5) is 45.5. The van der Waals surface area contributed by atoms with Crippen LogP contribution in [0.25, 0.3) is 0 Å². The highest BCUT2D eigenvalue weighted by Gasteiger charge is 2.79. The van der Waals surface area contributed by atoms with Gasteiger partial charge in [0.25, 0.3) is 0 Å². The Morgan fingerprint density at radius 1 is 1.24 bits per heavy atom. The van der Waals surface area contributed by atoms with E-state index in [1.54, 1.807) is 19.1 Å². The van der Waals surface area contributed by atoms with Crippen molar-refractivity contribution in [2.24, 2.45) is 11.8 Å². The van der Waals surface area contributed by atoms with Gasteiger partial charge >= 0.3 is 5.97 Å². The summed E-state index contributed by atoms with van der Waals surface area (Å²) in [5.74, 6) is -2.44. The van der Waals surface area contributed by atoms with Gasteiger partial charge in [0.2, 0.25) is 11.8 Å². The van der Waals surface area contributed by atoms with Crippen LogP contribution in [-0.2, 0) is 23.9 Å². The minimum atomic E-state index is -1.10. The molecule has 1 aliphatic carbocycles. The van der Waals surface area contributed by atoms with Crippen LogP contribution in [0, 0.1) is 11.8 Å². The Balaban J connectivity index is 1.72. The maximum absolute atomic E-state index is 14.4. The van der Waals surface area contributed by atoms with E-state index in [9.17, 15) is 19.5 Å². The van der Waals surface area contributed by atoms with Gasteiger partial charge in [0.05, 0.1) is 30.8 Å². The van der Waals surface area contributed by atoms with Crippen LogP contribution in [0.3, 0.4) is 0 Å². The number of hydrogen-bond acceptors (Lipinski definition) is 6. The minimum absolute atomic E-state index is 0.0837. The molecule has 206 valence electrons. The van der Waals surface area contributed by atoms with Gasteiger partial charge in [-0.25, -0.2) is 0 Å². The highest BCUT2D eigenvalue weighted by Crippen LogP contribution is 2.64. The lowest BCUT2D eigenvalue weighted by Gasteiger charge is -2.42. The molecule has 1 N–H and O–H groups in total. The Kier molecular flexibility index (Phi) is 8.48. The summed E-state index contributed by atoms with van der Waals surface area (Å²) in [7, 11) is 0. The molecule has 3 saturated heterocycles. The van der Waals surface area contributed by atoms with E-state index in [1.807, 2.05) is 11.8 Å². The van der Waals surface area contributed by atoms with E-state index >= 15 is 0 Å². The number of aliphatic hydroxyl groups excluding tert-OH is 1. The molecule has 8 nitrogen and oxygen atoms in total. The van der Waals surface area contributed by atoms with Crippen molar-refractivity contribution in [3.63, 3.8) is 0 Å². The molecule has 0 aromatic carbocycles. The van der Waals surface area contributed by atoms with Crippen molar-refractivity contribution in [3.05, 3.63) is 25.3 Å². The number of allylic oxidation sites excluding steroid dienone is 1. The average molecular weight is 517 g/mol. The summed E-state index contributed by atoms with van der Waals surface area (Å²) >= 11 is 0. The quantitative estimate of drug-likeness (QED) is 0.243. The highest BCUT2D eigenvalue weighted by molar-refractivity contribution is 5.98. The predicted octanol–water partition coefficient (Wildman–Crippen LogP) is 3.38. The zero-order chi connectivity index (χ0) is 26.8. The first-order valence-corrected chi connectivity index (χ1v) is 14.1. The number of fused-ring (bicyclic) bond motifs is 1. The molecular formula is C29H44N2O6. The molecule has 6 atom stereocenters. The second-order valence-corrected chi connectivity index (χ2v) is 11.3. The minimum Gasteiger partial charge on any atom is -0.465 e. The molecule has 3 aliphatic heterocycles. The first-order valence-electron chi connectivity index (χ1n) is 14.1. The molecule has 4 rings (SSSR count). The van der Waals surface area contributed by atoms with E-state index in [-0.39, 0.29) is 31.1 Å². The second-order valence-electron chi connectivity index (χ2n) is 11.3. The highest BCUT2D eigenvalue weighted by atomic mass is 16.6. The van der Waals surface area contributed by atoms with Crippen LogP contribution in [0.2, 0.25) is 0 Å². The molecule has 4 fully saturated rings. The number of esters is 1. The number of hydrogen-bond donors (Lipinski definition) is 1. The van der Waals surface area contributed by atoms with Crippen molar-refractivity contribution in [3.8, 4) is 0 Å². The number of unbranched alkanes of at least 4 members (excludes halogenated alkanes) is 1. The molecule has 1 saturated carbocycles. The lowest BCUT2D eigenvalue weighted by molar-refractivity contribution is -0.164. The Hall–Kier alpha value is -2.19. The summed E-state index contributed by atoms with van der Waals surface area (Å²) in [6.07, 6.45) is 11.7. The van der Waals surface area contributed by atoms with Gasteiger partial charge in [-0.3, -0.25) is 14.4 Å². The number of carbonyl (C=O) groups is 3. The normalized spacial score (nSPS) is 33.8. The van der Waals surface area contributed by atoms with Gasteiger partial charge in [-0.05, 0) is 51.9 Å². The van der Waals surface area contributed by atoms with Crippen molar-refractivity contribution in [1.29, 1.82) is 0 Å². The summed E-state index contributed by atoms with van der Waals surface area (Å²) in [6, 6.07) is -1.38. The fourth-order valence-corrected chi connectivity index (χ4v) is 7.45. The Bertz CT molecular complexity index is 901. The van der Waals surface area contributed by atoms with Gasteiger partial charge in [0, 0.05) is 12.6 Å². The summed E-state index contributed by atoms with van der Waals surface area (Å²) in [5, 5.41) is 10.1. The van der Waals surface area contributed by atoms with Gasteiger partial charge in [-0.2, -0.15) is 0 Å². The van der Waals surface area contributed by atoms with Crippen molar-refractivity contribution in [1.82, 2.24) is 9.80 Å². The van der Waals surface area contributed by atoms with E-state index in [0.717, 1.165) is 38.5 Å². The lowest BCUT2D eigenvalue weighted by atomic mass is 9.65. The smallest absolute Gasteiger partial charge is 0.312 e. The maximum atomic E-state index is 14.4. The average Bonchev–Trinajstić information content (AvgIpc) is 3.53. The number of ether oxygens (including phenoxy) is 2. The molecule has 0 aromatic rings. The number of amides is 2. The van der Waals surface area contributed by atoms with Crippen molar-refractivity contribution in [2.75, 3.05) is 19.8 Å². The number of likely N-dealkylation sites (tertiary alicyclic amines) is 1. The standard InChI is InChI=1S/C29H44N2O6/c1-5-8-12-18-36-27(35)23-22-25(33)31(20(4)19-32)24(29(22)16-15-28(23,7-3)37-29)26(34)30(17-6-2)21-13-10-9-11-14-21/h5-6,20-24,32H,1-2,7-19H2,3-4H3/t20-,22+,23+,24?,28-,29?/m1/s1. The monoisotopic (exact) mass is 516 g/mol. The van der Waals surface area contributed by atoms with Crippen LogP contribution in [0.1, 0.15) is 78.1 Å². The Morgan fingerprint density at radius 2 is 1.97 bits per heavy atom. The van der Waals surface area contributed by atoms with Gasteiger partial charge in [-0.1, -0.05) is 38.3 Å². The van der Waals surface area contributed by atoms with E-state index in [1.165, 1.54) is 4.90 Å². The summed E-state index contributed by atoms with van der Waals surface area (Å²) < 4.78 is 12.5. The van der Waals surface area contributed by atoms with Crippen molar-refractivity contribution >= 4 is 17.8 Å². The first-order chi connectivity index (χ1) is 17.8. The number of carbonyl (C=O) groups excluding carboxylic acids is 3. The molecule has 2 amide bonds. The molecule has 4 aliphatic rings. The molecular weight excluding hydrogens is 472 g/mol. The van der Waals surface area contributed by atoms with E-state index in [0.29, 0.717) is 32.2 Å². The van der Waals surface area contributed by atoms with Crippen LogP contribution < -0.4 is 0 Å². The molecule has 0 radical (unpaired) electrons. The second kappa shape index (κ2) is 11.3. The molecule has 37 heavy (non-hydrogen) atoms. The number of aliphatic hydroxyl groups is 1.